The summed E-state index contributed by atoms with van der Waals surface area (Å²) in [5.41, 5.74) is 0.796. The summed E-state index contributed by atoms with van der Waals surface area (Å²) >= 11 is 0. The number of benzene rings is 1. The summed E-state index contributed by atoms with van der Waals surface area (Å²) in [6.07, 6.45) is -2.59. The second kappa shape index (κ2) is 13.2. The van der Waals surface area contributed by atoms with Crippen molar-refractivity contribution in [2.24, 2.45) is 5.92 Å². The molecule has 0 saturated heterocycles. The summed E-state index contributed by atoms with van der Waals surface area (Å²) in [7, 11) is 0. The maximum atomic E-state index is 12.0. The van der Waals surface area contributed by atoms with E-state index >= 15 is 0 Å². The molecule has 3 atom stereocenters. The first-order valence-corrected chi connectivity index (χ1v) is 9.54. The molecule has 0 spiro atoms. The molecule has 0 aromatic heterocycles. The van der Waals surface area contributed by atoms with Crippen LogP contribution in [0.25, 0.3) is 0 Å². The van der Waals surface area contributed by atoms with Crippen LogP contribution in [0.15, 0.2) is 30.3 Å². The Morgan fingerprint density at radius 1 is 1.10 bits per heavy atom. The van der Waals surface area contributed by atoms with Gasteiger partial charge in [0.2, 0.25) is 5.91 Å². The van der Waals surface area contributed by atoms with Crippen molar-refractivity contribution >= 4 is 23.9 Å². The van der Waals surface area contributed by atoms with E-state index in [1.165, 1.54) is 6.92 Å². The van der Waals surface area contributed by atoms with E-state index in [1.54, 1.807) is 31.2 Å². The third kappa shape index (κ3) is 9.87. The van der Waals surface area contributed by atoms with Crippen LogP contribution in [0.5, 0.6) is 0 Å². The summed E-state index contributed by atoms with van der Waals surface area (Å²) in [4.78, 5) is 46.6. The molecule has 0 fully saturated rings. The maximum absolute atomic E-state index is 12.0. The van der Waals surface area contributed by atoms with Gasteiger partial charge in [-0.2, -0.15) is 0 Å². The summed E-state index contributed by atoms with van der Waals surface area (Å²) in [6, 6.07) is 7.70. The Balaban J connectivity index is 2.37. The van der Waals surface area contributed by atoms with Crippen LogP contribution < -0.4 is 10.6 Å². The number of amides is 2. The Hall–Kier alpha value is -3.14. The first-order chi connectivity index (χ1) is 14.2. The fourth-order valence-corrected chi connectivity index (χ4v) is 2.47. The molecule has 0 heterocycles. The smallest absolute Gasteiger partial charge is 0.407 e. The SMILES string of the molecule is CCOC(=O)[C@@H](C)C[C@H](NC(=O)C[C@H](O)CNC(=O)OCc1ccccc1)C(=O)O. The monoisotopic (exact) mass is 424 g/mol. The molecule has 10 heteroatoms. The zero-order valence-electron chi connectivity index (χ0n) is 17.0. The Bertz CT molecular complexity index is 710. The molecular weight excluding hydrogens is 396 g/mol. The molecule has 0 saturated carbocycles. The second-order valence-corrected chi connectivity index (χ2v) is 6.65. The lowest BCUT2D eigenvalue weighted by molar-refractivity contribution is -0.149. The number of ether oxygens (including phenoxy) is 2. The highest BCUT2D eigenvalue weighted by molar-refractivity contribution is 5.84. The van der Waals surface area contributed by atoms with Crippen molar-refractivity contribution in [1.29, 1.82) is 0 Å². The molecule has 0 aliphatic heterocycles. The summed E-state index contributed by atoms with van der Waals surface area (Å²) in [6.45, 7) is 3.11. The topological polar surface area (TPSA) is 151 Å². The molecule has 1 aromatic rings. The molecule has 1 aromatic carbocycles. The van der Waals surface area contributed by atoms with Crippen molar-refractivity contribution in [3.05, 3.63) is 35.9 Å². The molecule has 0 radical (unpaired) electrons. The number of aliphatic hydroxyl groups excluding tert-OH is 1. The van der Waals surface area contributed by atoms with Gasteiger partial charge in [0.15, 0.2) is 0 Å². The first-order valence-electron chi connectivity index (χ1n) is 9.54. The number of carboxylic acid groups (broad SMARTS) is 1. The number of esters is 1. The Morgan fingerprint density at radius 3 is 2.37 bits per heavy atom. The van der Waals surface area contributed by atoms with Crippen LogP contribution in [0, 0.1) is 5.92 Å². The van der Waals surface area contributed by atoms with Crippen LogP contribution in [0.4, 0.5) is 4.79 Å². The molecule has 0 unspecified atom stereocenters. The van der Waals surface area contributed by atoms with Gasteiger partial charge in [-0.3, -0.25) is 9.59 Å². The lowest BCUT2D eigenvalue weighted by atomic mass is 10.0. The van der Waals surface area contributed by atoms with Gasteiger partial charge in [-0.05, 0) is 18.9 Å². The van der Waals surface area contributed by atoms with Crippen LogP contribution in [0.3, 0.4) is 0 Å². The minimum atomic E-state index is -1.31. The van der Waals surface area contributed by atoms with Gasteiger partial charge in [0.1, 0.15) is 12.6 Å². The average molecular weight is 424 g/mol. The average Bonchev–Trinajstić information content (AvgIpc) is 2.70. The number of aliphatic hydroxyl groups is 1. The highest BCUT2D eigenvalue weighted by Crippen LogP contribution is 2.09. The lowest BCUT2D eigenvalue weighted by Gasteiger charge is -2.19. The van der Waals surface area contributed by atoms with Crippen LogP contribution in [0.2, 0.25) is 0 Å². The van der Waals surface area contributed by atoms with Crippen molar-refractivity contribution in [2.45, 2.75) is 45.4 Å². The van der Waals surface area contributed by atoms with Crippen LogP contribution in [-0.2, 0) is 30.5 Å². The molecule has 0 bridgehead atoms. The Kier molecular flexibility index (Phi) is 10.9. The van der Waals surface area contributed by atoms with Gasteiger partial charge < -0.3 is 30.3 Å². The first kappa shape index (κ1) is 24.9. The van der Waals surface area contributed by atoms with E-state index in [0.29, 0.717) is 0 Å². The lowest BCUT2D eigenvalue weighted by Crippen LogP contribution is -2.44. The highest BCUT2D eigenvalue weighted by Gasteiger charge is 2.27. The van der Waals surface area contributed by atoms with Crippen molar-refractivity contribution in [2.75, 3.05) is 13.2 Å². The van der Waals surface area contributed by atoms with E-state index in [2.05, 4.69) is 10.6 Å². The highest BCUT2D eigenvalue weighted by atomic mass is 16.5. The second-order valence-electron chi connectivity index (χ2n) is 6.65. The predicted octanol–water partition coefficient (Wildman–Crippen LogP) is 0.823. The molecule has 10 nitrogen and oxygen atoms in total. The number of hydrogen-bond donors (Lipinski definition) is 4. The Morgan fingerprint density at radius 2 is 1.77 bits per heavy atom. The summed E-state index contributed by atoms with van der Waals surface area (Å²) < 4.78 is 9.80. The van der Waals surface area contributed by atoms with Crippen molar-refractivity contribution in [3.63, 3.8) is 0 Å². The maximum Gasteiger partial charge on any atom is 0.407 e. The number of carbonyl (C=O) groups is 4. The van der Waals surface area contributed by atoms with Crippen molar-refractivity contribution in [3.8, 4) is 0 Å². The summed E-state index contributed by atoms with van der Waals surface area (Å²) in [5, 5.41) is 23.7. The van der Waals surface area contributed by atoms with Crippen LogP contribution in [-0.4, -0.2) is 59.4 Å². The fraction of sp³-hybridized carbons (Fsp3) is 0.500. The van der Waals surface area contributed by atoms with E-state index in [0.717, 1.165) is 5.56 Å². The number of nitrogens with one attached hydrogen (secondary N) is 2. The zero-order valence-corrected chi connectivity index (χ0v) is 17.0. The molecule has 0 aliphatic carbocycles. The van der Waals surface area contributed by atoms with E-state index in [-0.39, 0.29) is 26.2 Å². The van der Waals surface area contributed by atoms with Crippen molar-refractivity contribution in [1.82, 2.24) is 10.6 Å². The van der Waals surface area contributed by atoms with Gasteiger partial charge in [0, 0.05) is 6.54 Å². The normalized spacial score (nSPS) is 13.4. The standard InChI is InChI=1S/C20H28N2O8/c1-3-29-19(27)13(2)9-16(18(25)26)22-17(24)10-15(23)11-21-20(28)30-12-14-7-5-4-6-8-14/h4-8,13,15-16,23H,3,9-12H2,1-2H3,(H,21,28)(H,22,24)(H,25,26)/t13-,15-,16-/m0/s1. The molecule has 0 aliphatic rings. The minimum Gasteiger partial charge on any atom is -0.480 e. The number of aliphatic carboxylic acids is 1. The quantitative estimate of drug-likeness (QED) is 0.360. The molecule has 1 rings (SSSR count). The number of rotatable bonds is 12. The van der Waals surface area contributed by atoms with Gasteiger partial charge in [-0.15, -0.1) is 0 Å². The molecule has 2 amide bonds. The van der Waals surface area contributed by atoms with Gasteiger partial charge in [0.25, 0.3) is 0 Å². The minimum absolute atomic E-state index is 0.0577. The van der Waals surface area contributed by atoms with E-state index < -0.39 is 48.4 Å². The van der Waals surface area contributed by atoms with Crippen molar-refractivity contribution < 1.29 is 38.9 Å². The molecular formula is C20H28N2O8. The van der Waals surface area contributed by atoms with Crippen LogP contribution in [0.1, 0.15) is 32.3 Å². The summed E-state index contributed by atoms with van der Waals surface area (Å²) in [5.74, 6) is -3.32. The fourth-order valence-electron chi connectivity index (χ4n) is 2.47. The van der Waals surface area contributed by atoms with Crippen LogP contribution >= 0.6 is 0 Å². The molecule has 166 valence electrons. The number of carboxylic acids is 1. The molecule has 30 heavy (non-hydrogen) atoms. The van der Waals surface area contributed by atoms with Gasteiger partial charge >= 0.3 is 18.0 Å². The predicted molar refractivity (Wildman–Crippen MR) is 105 cm³/mol. The number of carbonyl (C=O) groups excluding carboxylic acids is 3. The third-order valence-electron chi connectivity index (χ3n) is 4.03. The number of hydrogen-bond acceptors (Lipinski definition) is 7. The zero-order chi connectivity index (χ0) is 22.5. The van der Waals surface area contributed by atoms with E-state index in [4.69, 9.17) is 9.47 Å². The number of alkyl carbamates (subject to hydrolysis) is 1. The van der Waals surface area contributed by atoms with Gasteiger partial charge in [0.05, 0.1) is 25.0 Å². The largest absolute Gasteiger partial charge is 0.480 e. The Labute approximate surface area is 174 Å². The van der Waals surface area contributed by atoms with Gasteiger partial charge in [-0.1, -0.05) is 37.3 Å². The third-order valence-corrected chi connectivity index (χ3v) is 4.03. The van der Waals surface area contributed by atoms with Gasteiger partial charge in [-0.25, -0.2) is 9.59 Å². The van der Waals surface area contributed by atoms with E-state index in [9.17, 15) is 29.4 Å². The van der Waals surface area contributed by atoms with E-state index in [1.807, 2.05) is 6.07 Å². The molecule has 4 N–H and O–H groups in total.